The van der Waals surface area contributed by atoms with Crippen LogP contribution in [0.4, 0.5) is 10.5 Å². The van der Waals surface area contributed by atoms with Crippen LogP contribution in [0.1, 0.15) is 31.4 Å². The third-order valence-electron chi connectivity index (χ3n) is 5.12. The molecule has 0 aromatic carbocycles. The number of pyridine rings is 1. The van der Waals surface area contributed by atoms with Gasteiger partial charge in [0.15, 0.2) is 0 Å². The molecule has 2 aromatic rings. The molecule has 1 N–H and O–H groups in total. The number of aryl methyl sites for hydroxylation is 1. The number of amides is 2. The Morgan fingerprint density at radius 3 is 2.81 bits per heavy atom. The Morgan fingerprint density at radius 2 is 2.15 bits per heavy atom. The van der Waals surface area contributed by atoms with Gasteiger partial charge in [-0.15, -0.1) is 0 Å². The summed E-state index contributed by atoms with van der Waals surface area (Å²) in [6.07, 6.45) is 9.69. The van der Waals surface area contributed by atoms with Crippen molar-refractivity contribution in [2.24, 2.45) is 13.0 Å². The van der Waals surface area contributed by atoms with E-state index in [-0.39, 0.29) is 6.03 Å². The first kappa shape index (κ1) is 18.4. The van der Waals surface area contributed by atoms with Crippen LogP contribution in [0.3, 0.4) is 0 Å². The quantitative estimate of drug-likeness (QED) is 0.895. The van der Waals surface area contributed by atoms with E-state index in [4.69, 9.17) is 0 Å². The number of nitrogens with one attached hydrogen (secondary N) is 1. The molecular weight excluding hydrogens is 328 g/mol. The molecule has 2 atom stereocenters. The van der Waals surface area contributed by atoms with Gasteiger partial charge in [0.2, 0.25) is 0 Å². The molecule has 1 fully saturated rings. The van der Waals surface area contributed by atoms with Crippen LogP contribution in [0.2, 0.25) is 0 Å². The highest BCUT2D eigenvalue weighted by atomic mass is 16.2. The summed E-state index contributed by atoms with van der Waals surface area (Å²) in [5.41, 5.74) is 2.00. The predicted molar refractivity (Wildman–Crippen MR) is 102 cm³/mol. The number of anilines is 1. The van der Waals surface area contributed by atoms with Crippen LogP contribution in [0.25, 0.3) is 0 Å². The first-order valence-corrected chi connectivity index (χ1v) is 9.23. The zero-order valence-electron chi connectivity index (χ0n) is 15.8. The fourth-order valence-electron chi connectivity index (χ4n) is 3.86. The molecule has 1 aliphatic heterocycles. The van der Waals surface area contributed by atoms with Gasteiger partial charge in [-0.05, 0) is 44.0 Å². The van der Waals surface area contributed by atoms with Gasteiger partial charge in [0, 0.05) is 56.5 Å². The number of hydrogen-bond acceptors (Lipinski definition) is 4. The Balaban J connectivity index is 1.70. The summed E-state index contributed by atoms with van der Waals surface area (Å²) in [7, 11) is 3.81. The second kappa shape index (κ2) is 8.31. The van der Waals surface area contributed by atoms with Crippen molar-refractivity contribution in [1.82, 2.24) is 24.6 Å². The van der Waals surface area contributed by atoms with Gasteiger partial charge >= 0.3 is 6.03 Å². The molecule has 140 valence electrons. The van der Waals surface area contributed by atoms with Crippen LogP contribution in [-0.4, -0.2) is 57.3 Å². The Kier molecular flexibility index (Phi) is 5.88. The minimum atomic E-state index is -0.0882. The molecular formula is C19H28N6O. The summed E-state index contributed by atoms with van der Waals surface area (Å²) >= 11 is 0. The van der Waals surface area contributed by atoms with E-state index in [1.54, 1.807) is 29.4 Å². The van der Waals surface area contributed by atoms with E-state index in [1.165, 1.54) is 5.56 Å². The van der Waals surface area contributed by atoms with Gasteiger partial charge in [-0.3, -0.25) is 14.6 Å². The minimum Gasteiger partial charge on any atom is -0.327 e. The molecule has 7 heteroatoms. The molecule has 0 radical (unpaired) electrons. The molecule has 7 nitrogen and oxygen atoms in total. The fraction of sp³-hybridized carbons (Fsp3) is 0.526. The van der Waals surface area contributed by atoms with Crippen LogP contribution in [0, 0.1) is 5.92 Å². The smallest absolute Gasteiger partial charge is 0.321 e. The number of rotatable bonds is 5. The molecule has 3 rings (SSSR count). The average Bonchev–Trinajstić information content (AvgIpc) is 3.08. The van der Waals surface area contributed by atoms with Crippen LogP contribution in [-0.2, 0) is 7.05 Å². The summed E-state index contributed by atoms with van der Waals surface area (Å²) in [5.74, 6) is 0.390. The number of nitrogens with zero attached hydrogens (tertiary/aromatic N) is 5. The number of piperidine rings is 1. The van der Waals surface area contributed by atoms with Crippen LogP contribution in [0.5, 0.6) is 0 Å². The van der Waals surface area contributed by atoms with Crippen molar-refractivity contribution in [2.75, 3.05) is 32.0 Å². The van der Waals surface area contributed by atoms with E-state index in [9.17, 15) is 4.79 Å². The molecule has 0 saturated carbocycles. The van der Waals surface area contributed by atoms with Crippen molar-refractivity contribution < 1.29 is 4.79 Å². The summed E-state index contributed by atoms with van der Waals surface area (Å²) < 4.78 is 1.86. The van der Waals surface area contributed by atoms with E-state index < -0.39 is 0 Å². The molecule has 2 aromatic heterocycles. The van der Waals surface area contributed by atoms with Gasteiger partial charge in [-0.25, -0.2) is 4.79 Å². The number of carbonyl (C=O) groups excluding carboxylic acids is 1. The number of likely N-dealkylation sites (tertiary alicyclic amines) is 1. The highest BCUT2D eigenvalue weighted by molar-refractivity contribution is 5.88. The van der Waals surface area contributed by atoms with Crippen molar-refractivity contribution in [2.45, 2.75) is 25.8 Å². The average molecular weight is 356 g/mol. The lowest BCUT2D eigenvalue weighted by Crippen LogP contribution is -2.44. The van der Waals surface area contributed by atoms with Gasteiger partial charge in [0.25, 0.3) is 0 Å². The topological polar surface area (TPSA) is 66.3 Å². The number of hydrogen-bond donors (Lipinski definition) is 1. The van der Waals surface area contributed by atoms with Gasteiger partial charge < -0.3 is 10.2 Å². The van der Waals surface area contributed by atoms with E-state index in [0.29, 0.717) is 18.5 Å². The van der Waals surface area contributed by atoms with Crippen LogP contribution < -0.4 is 5.32 Å². The maximum absolute atomic E-state index is 12.5. The normalized spacial score (nSPS) is 20.7. The van der Waals surface area contributed by atoms with E-state index in [0.717, 1.165) is 31.6 Å². The highest BCUT2D eigenvalue weighted by Gasteiger charge is 2.33. The second-order valence-corrected chi connectivity index (χ2v) is 6.97. The molecule has 0 aliphatic carbocycles. The maximum Gasteiger partial charge on any atom is 0.321 e. The predicted octanol–water partition coefficient (Wildman–Crippen LogP) is 2.75. The van der Waals surface area contributed by atoms with Crippen LogP contribution in [0.15, 0.2) is 36.9 Å². The summed E-state index contributed by atoms with van der Waals surface area (Å²) in [4.78, 5) is 20.8. The molecule has 3 heterocycles. The first-order valence-electron chi connectivity index (χ1n) is 9.23. The Labute approximate surface area is 155 Å². The van der Waals surface area contributed by atoms with Crippen molar-refractivity contribution in [3.63, 3.8) is 0 Å². The van der Waals surface area contributed by atoms with Gasteiger partial charge in [0.1, 0.15) is 0 Å². The molecule has 2 amide bonds. The summed E-state index contributed by atoms with van der Waals surface area (Å²) in [6.45, 7) is 5.01. The standard InChI is InChI=1S/C19H28N6O/c1-4-25-11-5-6-15(18(25)16-12-21-24(3)14-16)13-23(2)19(26)22-17-7-9-20-10-8-17/h7-10,12,14-15,18H,4-6,11,13H2,1-3H3,(H,20,22,26)/t15-,18+/m0/s1. The van der Waals surface area contributed by atoms with E-state index in [2.05, 4.69) is 33.4 Å². The number of carbonyl (C=O) groups is 1. The first-order chi connectivity index (χ1) is 12.6. The van der Waals surface area contributed by atoms with E-state index in [1.807, 2.05) is 25.0 Å². The van der Waals surface area contributed by atoms with Crippen LogP contribution >= 0.6 is 0 Å². The lowest BCUT2D eigenvalue weighted by molar-refractivity contribution is 0.0828. The number of urea groups is 1. The van der Waals surface area contributed by atoms with Gasteiger partial charge in [-0.2, -0.15) is 5.10 Å². The third kappa shape index (κ3) is 4.22. The lowest BCUT2D eigenvalue weighted by atomic mass is 9.85. The lowest BCUT2D eigenvalue weighted by Gasteiger charge is -2.42. The second-order valence-electron chi connectivity index (χ2n) is 6.97. The molecule has 26 heavy (non-hydrogen) atoms. The molecule has 1 aliphatic rings. The number of aromatic nitrogens is 3. The van der Waals surface area contributed by atoms with Crippen molar-refractivity contribution in [3.05, 3.63) is 42.5 Å². The van der Waals surface area contributed by atoms with E-state index >= 15 is 0 Å². The fourth-order valence-corrected chi connectivity index (χ4v) is 3.86. The monoisotopic (exact) mass is 356 g/mol. The molecule has 1 saturated heterocycles. The highest BCUT2D eigenvalue weighted by Crippen LogP contribution is 2.36. The van der Waals surface area contributed by atoms with Crippen molar-refractivity contribution >= 4 is 11.7 Å². The largest absolute Gasteiger partial charge is 0.327 e. The SMILES string of the molecule is CCN1CCC[C@@H](CN(C)C(=O)Nc2ccncc2)[C@@H]1c1cnn(C)c1. The van der Waals surface area contributed by atoms with Gasteiger partial charge in [-0.1, -0.05) is 6.92 Å². The van der Waals surface area contributed by atoms with Crippen molar-refractivity contribution in [3.8, 4) is 0 Å². The molecule has 0 spiro atoms. The Hall–Kier alpha value is -2.41. The third-order valence-corrected chi connectivity index (χ3v) is 5.12. The minimum absolute atomic E-state index is 0.0882. The van der Waals surface area contributed by atoms with Gasteiger partial charge in [0.05, 0.1) is 6.20 Å². The Bertz CT molecular complexity index is 716. The van der Waals surface area contributed by atoms with Crippen molar-refractivity contribution in [1.29, 1.82) is 0 Å². The summed E-state index contributed by atoms with van der Waals surface area (Å²) in [6, 6.07) is 3.81. The molecule has 0 bridgehead atoms. The zero-order valence-corrected chi connectivity index (χ0v) is 15.8. The zero-order chi connectivity index (χ0) is 18.5. The Morgan fingerprint density at radius 1 is 1.38 bits per heavy atom. The maximum atomic E-state index is 12.5. The molecule has 0 unspecified atom stereocenters. The summed E-state index contributed by atoms with van der Waals surface area (Å²) in [5, 5.41) is 7.29.